The first kappa shape index (κ1) is 16.0. The van der Waals surface area contributed by atoms with E-state index in [1.807, 2.05) is 20.8 Å². The standard InChI is InChI=1S/C18H25IO/c1-12-5-8-14-9-6-13(11-15(14)17(12)19)7-10-16(20)18(2,3)4/h5,8,13H,6-7,9-11H2,1-4H3. The number of hydrogen-bond acceptors (Lipinski definition) is 1. The lowest BCUT2D eigenvalue weighted by molar-refractivity contribution is -0.126. The van der Waals surface area contributed by atoms with Gasteiger partial charge in [0, 0.05) is 15.4 Å². The maximum atomic E-state index is 12.1. The van der Waals surface area contributed by atoms with Gasteiger partial charge in [0.25, 0.3) is 0 Å². The molecule has 0 saturated carbocycles. The van der Waals surface area contributed by atoms with E-state index in [-0.39, 0.29) is 5.41 Å². The van der Waals surface area contributed by atoms with Crippen LogP contribution in [-0.4, -0.2) is 5.78 Å². The van der Waals surface area contributed by atoms with Crippen LogP contribution in [0.5, 0.6) is 0 Å². The molecule has 1 aliphatic rings. The molecular formula is C18H25IO. The summed E-state index contributed by atoms with van der Waals surface area (Å²) in [6.07, 6.45) is 5.38. The number of fused-ring (bicyclic) bond motifs is 1. The van der Waals surface area contributed by atoms with E-state index in [0.29, 0.717) is 11.7 Å². The highest BCUT2D eigenvalue weighted by Gasteiger charge is 2.25. The van der Waals surface area contributed by atoms with Crippen LogP contribution in [0, 0.1) is 21.8 Å². The zero-order valence-corrected chi connectivity index (χ0v) is 15.2. The number of aryl methyl sites for hydroxylation is 2. The first-order valence-electron chi connectivity index (χ1n) is 7.59. The summed E-state index contributed by atoms with van der Waals surface area (Å²) in [6, 6.07) is 4.54. The van der Waals surface area contributed by atoms with E-state index in [9.17, 15) is 4.79 Å². The van der Waals surface area contributed by atoms with Gasteiger partial charge in [0.15, 0.2) is 0 Å². The highest BCUT2D eigenvalue weighted by Crippen LogP contribution is 2.33. The molecule has 1 aliphatic carbocycles. The number of carbonyl (C=O) groups is 1. The predicted octanol–water partition coefficient (Wildman–Crippen LogP) is 5.10. The van der Waals surface area contributed by atoms with Gasteiger partial charge in [-0.3, -0.25) is 4.79 Å². The summed E-state index contributed by atoms with van der Waals surface area (Å²) >= 11 is 2.49. The molecule has 20 heavy (non-hydrogen) atoms. The van der Waals surface area contributed by atoms with Gasteiger partial charge in [-0.2, -0.15) is 0 Å². The van der Waals surface area contributed by atoms with E-state index < -0.39 is 0 Å². The van der Waals surface area contributed by atoms with Crippen molar-refractivity contribution < 1.29 is 4.79 Å². The van der Waals surface area contributed by atoms with Crippen LogP contribution in [0.1, 0.15) is 56.7 Å². The Morgan fingerprint density at radius 3 is 2.70 bits per heavy atom. The Morgan fingerprint density at radius 2 is 2.05 bits per heavy atom. The Bertz CT molecular complexity index is 511. The molecule has 110 valence electrons. The molecule has 0 spiro atoms. The molecule has 1 aromatic carbocycles. The van der Waals surface area contributed by atoms with Gasteiger partial charge in [0.1, 0.15) is 5.78 Å². The van der Waals surface area contributed by atoms with Gasteiger partial charge >= 0.3 is 0 Å². The van der Waals surface area contributed by atoms with Crippen molar-refractivity contribution in [3.05, 3.63) is 32.4 Å². The molecular weight excluding hydrogens is 359 g/mol. The molecule has 2 heteroatoms. The van der Waals surface area contributed by atoms with Gasteiger partial charge in [-0.25, -0.2) is 0 Å². The molecule has 0 saturated heterocycles. The Kier molecular flexibility index (Phi) is 4.93. The summed E-state index contributed by atoms with van der Waals surface area (Å²) in [4.78, 5) is 12.1. The van der Waals surface area contributed by atoms with Crippen molar-refractivity contribution >= 4 is 28.4 Å². The van der Waals surface area contributed by atoms with E-state index in [0.717, 1.165) is 19.3 Å². The first-order chi connectivity index (χ1) is 9.29. The van der Waals surface area contributed by atoms with Gasteiger partial charge in [0.2, 0.25) is 0 Å². The van der Waals surface area contributed by atoms with Gasteiger partial charge in [-0.15, -0.1) is 0 Å². The lowest BCUT2D eigenvalue weighted by Crippen LogP contribution is -2.22. The SMILES string of the molecule is Cc1ccc2c(c1I)CC(CCC(=O)C(C)(C)C)CC2. The molecule has 2 rings (SSSR count). The molecule has 0 amide bonds. The van der Waals surface area contributed by atoms with Gasteiger partial charge in [-0.05, 0) is 77.8 Å². The number of halogens is 1. The second kappa shape index (κ2) is 6.17. The van der Waals surface area contributed by atoms with E-state index in [2.05, 4.69) is 41.6 Å². The van der Waals surface area contributed by atoms with E-state index in [4.69, 9.17) is 0 Å². The molecule has 0 radical (unpaired) electrons. The molecule has 1 atom stereocenters. The fraction of sp³-hybridized carbons (Fsp3) is 0.611. The lowest BCUT2D eigenvalue weighted by atomic mass is 9.79. The third kappa shape index (κ3) is 3.63. The smallest absolute Gasteiger partial charge is 0.138 e. The maximum absolute atomic E-state index is 12.1. The number of ketones is 1. The van der Waals surface area contributed by atoms with Crippen LogP contribution in [0.15, 0.2) is 12.1 Å². The van der Waals surface area contributed by atoms with Crippen molar-refractivity contribution in [1.29, 1.82) is 0 Å². The summed E-state index contributed by atoms with van der Waals surface area (Å²) in [5.41, 5.74) is 4.27. The monoisotopic (exact) mass is 384 g/mol. The fourth-order valence-corrected chi connectivity index (χ4v) is 3.69. The Labute approximate surface area is 136 Å². The van der Waals surface area contributed by atoms with Crippen molar-refractivity contribution in [2.75, 3.05) is 0 Å². The van der Waals surface area contributed by atoms with Crippen LogP contribution in [0.3, 0.4) is 0 Å². The molecule has 1 nitrogen and oxygen atoms in total. The second-order valence-corrected chi connectivity index (χ2v) is 8.23. The van der Waals surface area contributed by atoms with Crippen LogP contribution < -0.4 is 0 Å². The molecule has 0 heterocycles. The Morgan fingerprint density at radius 1 is 1.35 bits per heavy atom. The van der Waals surface area contributed by atoms with Gasteiger partial charge < -0.3 is 0 Å². The van der Waals surface area contributed by atoms with Crippen LogP contribution >= 0.6 is 22.6 Å². The van der Waals surface area contributed by atoms with Crippen LogP contribution in [0.4, 0.5) is 0 Å². The average molecular weight is 384 g/mol. The minimum atomic E-state index is -0.183. The molecule has 0 aromatic heterocycles. The number of rotatable bonds is 3. The molecule has 0 N–H and O–H groups in total. The van der Waals surface area contributed by atoms with Crippen LogP contribution in [0.2, 0.25) is 0 Å². The van der Waals surface area contributed by atoms with E-state index in [1.54, 1.807) is 5.56 Å². The molecule has 0 aliphatic heterocycles. The fourth-order valence-electron chi connectivity index (χ4n) is 2.94. The normalized spacial score (nSPS) is 18.8. The zero-order chi connectivity index (χ0) is 14.9. The van der Waals surface area contributed by atoms with E-state index in [1.165, 1.54) is 27.5 Å². The third-order valence-corrected chi connectivity index (χ3v) is 5.97. The molecule has 1 aromatic rings. The molecule has 0 fully saturated rings. The van der Waals surface area contributed by atoms with Crippen molar-refractivity contribution in [3.63, 3.8) is 0 Å². The van der Waals surface area contributed by atoms with Crippen LogP contribution in [0.25, 0.3) is 0 Å². The lowest BCUT2D eigenvalue weighted by Gasteiger charge is -2.27. The minimum absolute atomic E-state index is 0.183. The number of hydrogen-bond donors (Lipinski definition) is 0. The highest BCUT2D eigenvalue weighted by molar-refractivity contribution is 14.1. The topological polar surface area (TPSA) is 17.1 Å². The minimum Gasteiger partial charge on any atom is -0.299 e. The third-order valence-electron chi connectivity index (χ3n) is 4.46. The average Bonchev–Trinajstić information content (AvgIpc) is 2.39. The highest BCUT2D eigenvalue weighted by atomic mass is 127. The largest absolute Gasteiger partial charge is 0.299 e. The van der Waals surface area contributed by atoms with Crippen molar-refractivity contribution in [1.82, 2.24) is 0 Å². The zero-order valence-electron chi connectivity index (χ0n) is 13.1. The number of benzene rings is 1. The Hall–Kier alpha value is -0.380. The maximum Gasteiger partial charge on any atom is 0.138 e. The quantitative estimate of drug-likeness (QED) is 0.663. The van der Waals surface area contributed by atoms with Gasteiger partial charge in [0.05, 0.1) is 0 Å². The summed E-state index contributed by atoms with van der Waals surface area (Å²) < 4.78 is 1.44. The molecule has 1 unspecified atom stereocenters. The molecule has 0 bridgehead atoms. The summed E-state index contributed by atoms with van der Waals surface area (Å²) in [7, 11) is 0. The first-order valence-corrected chi connectivity index (χ1v) is 8.67. The summed E-state index contributed by atoms with van der Waals surface area (Å²) in [6.45, 7) is 8.27. The summed E-state index contributed by atoms with van der Waals surface area (Å²) in [5.74, 6) is 1.09. The van der Waals surface area contributed by atoms with Crippen molar-refractivity contribution in [2.24, 2.45) is 11.3 Å². The Balaban J connectivity index is 2.01. The predicted molar refractivity (Wildman–Crippen MR) is 93.1 cm³/mol. The number of Topliss-reactive ketones (excluding diaryl/α,β-unsaturated/α-hetero) is 1. The second-order valence-electron chi connectivity index (χ2n) is 7.15. The van der Waals surface area contributed by atoms with Crippen molar-refractivity contribution in [2.45, 2.75) is 59.8 Å². The number of carbonyl (C=O) groups excluding carboxylic acids is 1. The van der Waals surface area contributed by atoms with Gasteiger partial charge in [-0.1, -0.05) is 32.9 Å². The van der Waals surface area contributed by atoms with E-state index >= 15 is 0 Å². The van der Waals surface area contributed by atoms with Crippen LogP contribution in [-0.2, 0) is 17.6 Å². The summed E-state index contributed by atoms with van der Waals surface area (Å²) in [5, 5.41) is 0. The van der Waals surface area contributed by atoms with Crippen molar-refractivity contribution in [3.8, 4) is 0 Å².